The molecule has 3 heteroatoms. The molecule has 0 spiro atoms. The minimum atomic E-state index is 0.0833. The molecule has 0 N–H and O–H groups in total. The van der Waals surface area contributed by atoms with E-state index in [9.17, 15) is 9.59 Å². The number of ketones is 1. The number of benzene rings is 1. The van der Waals surface area contributed by atoms with Gasteiger partial charge in [-0.15, -0.1) is 0 Å². The first-order valence-corrected chi connectivity index (χ1v) is 6.66. The largest absolute Gasteiger partial charge is 0.334 e. The monoisotopic (exact) mass is 243 g/mol. The smallest absolute Gasteiger partial charge is 0.254 e. The normalized spacial score (nSPS) is 27.1. The molecule has 1 aliphatic heterocycles. The zero-order chi connectivity index (χ0) is 12.5. The highest BCUT2D eigenvalue weighted by atomic mass is 16.2. The topological polar surface area (TPSA) is 37.4 Å². The van der Waals surface area contributed by atoms with Crippen molar-refractivity contribution in [3.05, 3.63) is 35.9 Å². The van der Waals surface area contributed by atoms with Gasteiger partial charge < -0.3 is 4.90 Å². The lowest BCUT2D eigenvalue weighted by Gasteiger charge is -2.36. The van der Waals surface area contributed by atoms with E-state index in [2.05, 4.69) is 0 Å². The summed E-state index contributed by atoms with van der Waals surface area (Å²) in [4.78, 5) is 26.2. The third-order valence-electron chi connectivity index (χ3n) is 4.17. The Hall–Kier alpha value is -1.64. The molecular weight excluding hydrogens is 226 g/mol. The number of nitrogens with zero attached hydrogens (tertiary/aromatic N) is 1. The van der Waals surface area contributed by atoms with Crippen molar-refractivity contribution >= 4 is 11.7 Å². The van der Waals surface area contributed by atoms with Crippen LogP contribution in [-0.4, -0.2) is 29.2 Å². The van der Waals surface area contributed by atoms with Crippen molar-refractivity contribution in [2.24, 2.45) is 5.92 Å². The molecule has 1 aromatic carbocycles. The van der Waals surface area contributed by atoms with Crippen LogP contribution in [0.4, 0.5) is 0 Å². The van der Waals surface area contributed by atoms with Gasteiger partial charge in [0.05, 0.1) is 0 Å². The molecule has 3 nitrogen and oxygen atoms in total. The van der Waals surface area contributed by atoms with Gasteiger partial charge in [-0.05, 0) is 25.0 Å². The lowest BCUT2D eigenvalue weighted by Crippen LogP contribution is -2.49. The Morgan fingerprint density at radius 2 is 1.94 bits per heavy atom. The summed E-state index contributed by atoms with van der Waals surface area (Å²) in [6.07, 6.45) is 3.54. The molecule has 2 unspecified atom stereocenters. The van der Waals surface area contributed by atoms with Crippen molar-refractivity contribution in [1.82, 2.24) is 4.90 Å². The van der Waals surface area contributed by atoms with Crippen molar-refractivity contribution in [3.8, 4) is 0 Å². The maximum atomic E-state index is 12.5. The van der Waals surface area contributed by atoms with Crippen LogP contribution in [0.25, 0.3) is 0 Å². The molecule has 94 valence electrons. The Kier molecular flexibility index (Phi) is 2.90. The number of carbonyl (C=O) groups excluding carboxylic acids is 2. The van der Waals surface area contributed by atoms with Gasteiger partial charge in [-0.25, -0.2) is 0 Å². The van der Waals surface area contributed by atoms with E-state index in [4.69, 9.17) is 0 Å². The Bertz CT molecular complexity index is 469. The summed E-state index contributed by atoms with van der Waals surface area (Å²) in [5.41, 5.74) is 0.734. The van der Waals surface area contributed by atoms with Gasteiger partial charge in [-0.2, -0.15) is 0 Å². The van der Waals surface area contributed by atoms with Crippen molar-refractivity contribution in [2.45, 2.75) is 31.7 Å². The fraction of sp³-hybridized carbons (Fsp3) is 0.467. The van der Waals surface area contributed by atoms with Gasteiger partial charge in [-0.3, -0.25) is 9.59 Å². The standard InChI is InChI=1S/C15H17NO2/c17-14-9-10-16(13-8-4-7-12(13)14)15(18)11-5-2-1-3-6-11/h1-3,5-6,12-13H,4,7-10H2. The van der Waals surface area contributed by atoms with Gasteiger partial charge in [0.1, 0.15) is 5.78 Å². The second-order valence-corrected chi connectivity index (χ2v) is 5.19. The Morgan fingerprint density at radius 3 is 2.72 bits per heavy atom. The molecule has 2 aliphatic rings. The first kappa shape index (κ1) is 11.5. The van der Waals surface area contributed by atoms with Gasteiger partial charge in [0.2, 0.25) is 0 Å². The summed E-state index contributed by atoms with van der Waals surface area (Å²) >= 11 is 0. The Labute approximate surface area is 107 Å². The van der Waals surface area contributed by atoms with Crippen LogP contribution in [0.3, 0.4) is 0 Å². The van der Waals surface area contributed by atoms with Crippen molar-refractivity contribution in [1.29, 1.82) is 0 Å². The van der Waals surface area contributed by atoms with E-state index < -0.39 is 0 Å². The van der Waals surface area contributed by atoms with Crippen LogP contribution >= 0.6 is 0 Å². The predicted octanol–water partition coefficient (Wildman–Crippen LogP) is 2.27. The van der Waals surface area contributed by atoms with Gasteiger partial charge in [-0.1, -0.05) is 24.6 Å². The molecule has 0 radical (unpaired) electrons. The van der Waals surface area contributed by atoms with Crippen LogP contribution in [0.2, 0.25) is 0 Å². The summed E-state index contributed by atoms with van der Waals surface area (Å²) in [6, 6.07) is 9.53. The second-order valence-electron chi connectivity index (χ2n) is 5.19. The molecule has 0 aromatic heterocycles. The van der Waals surface area contributed by atoms with Crippen molar-refractivity contribution in [3.63, 3.8) is 0 Å². The van der Waals surface area contributed by atoms with Crippen LogP contribution < -0.4 is 0 Å². The highest BCUT2D eigenvalue weighted by Gasteiger charge is 2.42. The highest BCUT2D eigenvalue weighted by Crippen LogP contribution is 2.35. The number of hydrogen-bond donors (Lipinski definition) is 0. The zero-order valence-electron chi connectivity index (χ0n) is 10.3. The van der Waals surface area contributed by atoms with Gasteiger partial charge in [0.15, 0.2) is 0 Å². The van der Waals surface area contributed by atoms with E-state index in [0.29, 0.717) is 18.7 Å². The van der Waals surface area contributed by atoms with Crippen LogP contribution in [0.1, 0.15) is 36.0 Å². The lowest BCUT2D eigenvalue weighted by molar-refractivity contribution is -0.126. The van der Waals surface area contributed by atoms with Gasteiger partial charge in [0.25, 0.3) is 5.91 Å². The van der Waals surface area contributed by atoms with Crippen LogP contribution in [-0.2, 0) is 4.79 Å². The molecule has 2 fully saturated rings. The number of carbonyl (C=O) groups is 2. The Balaban J connectivity index is 1.84. The maximum Gasteiger partial charge on any atom is 0.254 e. The predicted molar refractivity (Wildman–Crippen MR) is 68.2 cm³/mol. The third kappa shape index (κ3) is 1.84. The van der Waals surface area contributed by atoms with Crippen LogP contribution in [0.5, 0.6) is 0 Å². The fourth-order valence-corrected chi connectivity index (χ4v) is 3.27. The van der Waals surface area contributed by atoms with Gasteiger partial charge in [0, 0.05) is 30.5 Å². The number of hydrogen-bond acceptors (Lipinski definition) is 2. The first-order chi connectivity index (χ1) is 8.77. The summed E-state index contributed by atoms with van der Waals surface area (Å²) < 4.78 is 0. The Morgan fingerprint density at radius 1 is 1.17 bits per heavy atom. The average Bonchev–Trinajstić information content (AvgIpc) is 2.90. The fourth-order valence-electron chi connectivity index (χ4n) is 3.27. The minimum Gasteiger partial charge on any atom is -0.334 e. The first-order valence-electron chi connectivity index (χ1n) is 6.66. The van der Waals surface area contributed by atoms with E-state index in [1.165, 1.54) is 0 Å². The van der Waals surface area contributed by atoms with Crippen LogP contribution in [0, 0.1) is 5.92 Å². The second kappa shape index (κ2) is 4.56. The molecule has 1 aromatic rings. The van der Waals surface area contributed by atoms with Crippen molar-refractivity contribution in [2.75, 3.05) is 6.54 Å². The molecule has 3 rings (SSSR count). The molecule has 0 bridgehead atoms. The quantitative estimate of drug-likeness (QED) is 0.758. The van der Waals surface area contributed by atoms with E-state index in [0.717, 1.165) is 24.8 Å². The summed E-state index contributed by atoms with van der Waals surface area (Å²) in [5.74, 6) is 0.543. The zero-order valence-corrected chi connectivity index (χ0v) is 10.3. The minimum absolute atomic E-state index is 0.0833. The summed E-state index contributed by atoms with van der Waals surface area (Å²) in [5, 5.41) is 0. The van der Waals surface area contributed by atoms with E-state index >= 15 is 0 Å². The number of piperidine rings is 1. The number of likely N-dealkylation sites (tertiary alicyclic amines) is 1. The average molecular weight is 243 g/mol. The molecular formula is C15H17NO2. The summed E-state index contributed by atoms with van der Waals surface area (Å²) in [7, 11) is 0. The van der Waals surface area contributed by atoms with Gasteiger partial charge >= 0.3 is 0 Å². The number of rotatable bonds is 1. The number of fused-ring (bicyclic) bond motifs is 1. The van der Waals surface area contributed by atoms with E-state index in [-0.39, 0.29) is 17.9 Å². The molecule has 2 atom stereocenters. The molecule has 1 amide bonds. The SMILES string of the molecule is O=C1CCN(C(=O)c2ccccc2)C2CCCC12. The number of amides is 1. The highest BCUT2D eigenvalue weighted by molar-refractivity contribution is 5.96. The third-order valence-corrected chi connectivity index (χ3v) is 4.17. The van der Waals surface area contributed by atoms with E-state index in [1.54, 1.807) is 0 Å². The number of Topliss-reactive ketones (excluding diaryl/α,β-unsaturated/α-hetero) is 1. The maximum absolute atomic E-state index is 12.5. The molecule has 18 heavy (non-hydrogen) atoms. The molecule has 1 heterocycles. The molecule has 1 saturated carbocycles. The lowest BCUT2D eigenvalue weighted by atomic mass is 9.90. The van der Waals surface area contributed by atoms with E-state index in [1.807, 2.05) is 35.2 Å². The summed E-state index contributed by atoms with van der Waals surface area (Å²) in [6.45, 7) is 0.591. The molecule has 1 saturated heterocycles. The molecule has 1 aliphatic carbocycles. The van der Waals surface area contributed by atoms with Crippen LogP contribution in [0.15, 0.2) is 30.3 Å². The van der Waals surface area contributed by atoms with Crippen molar-refractivity contribution < 1.29 is 9.59 Å².